The molecular formula is C17H19N3O4S. The summed E-state index contributed by atoms with van der Waals surface area (Å²) in [5.41, 5.74) is 0.229. The van der Waals surface area contributed by atoms with Gasteiger partial charge in [-0.1, -0.05) is 6.07 Å². The number of rotatable bonds is 3. The maximum absolute atomic E-state index is 12.6. The molecule has 25 heavy (non-hydrogen) atoms. The van der Waals surface area contributed by atoms with Gasteiger partial charge in [0.2, 0.25) is 11.6 Å². The third kappa shape index (κ3) is 3.02. The maximum atomic E-state index is 12.6. The van der Waals surface area contributed by atoms with Gasteiger partial charge in [0.25, 0.3) is 0 Å². The van der Waals surface area contributed by atoms with Crippen molar-refractivity contribution in [1.29, 1.82) is 0 Å². The Morgan fingerprint density at radius 1 is 1.32 bits per heavy atom. The molecule has 2 aromatic heterocycles. The number of pyridine rings is 1. The molecule has 3 atom stereocenters. The molecule has 132 valence electrons. The van der Waals surface area contributed by atoms with Crippen molar-refractivity contribution in [3.05, 3.63) is 55.8 Å². The maximum Gasteiger partial charge on any atom is 0.315 e. The number of hydrogen-bond acceptors (Lipinski definition) is 5. The normalized spacial score (nSPS) is 23.2. The largest absolute Gasteiger partial charge is 0.595 e. The lowest BCUT2D eigenvalue weighted by Gasteiger charge is -2.42. The van der Waals surface area contributed by atoms with Crippen LogP contribution in [0.3, 0.4) is 0 Å². The molecule has 2 aromatic rings. The van der Waals surface area contributed by atoms with E-state index in [0.717, 1.165) is 17.0 Å². The third-order valence-electron chi connectivity index (χ3n) is 5.09. The minimum atomic E-state index is -1.19. The van der Waals surface area contributed by atoms with Crippen molar-refractivity contribution >= 4 is 22.9 Å². The Kier molecular flexibility index (Phi) is 4.20. The summed E-state index contributed by atoms with van der Waals surface area (Å²) in [4.78, 5) is 28.0. The van der Waals surface area contributed by atoms with Crippen LogP contribution in [-0.4, -0.2) is 33.7 Å². The predicted octanol–water partition coefficient (Wildman–Crippen LogP) is 0.502. The molecule has 0 saturated carbocycles. The van der Waals surface area contributed by atoms with Crippen molar-refractivity contribution in [1.82, 2.24) is 9.47 Å². The molecule has 2 bridgehead atoms. The SMILES string of the molecule is O=C(Cc1cccs1)N1CC2CC(C1)c1ccc([NH+]([O-])O)c(=O)n1C2. The number of nitrogens with one attached hydrogen (secondary N) is 1. The van der Waals surface area contributed by atoms with Gasteiger partial charge in [-0.05, 0) is 29.9 Å². The van der Waals surface area contributed by atoms with Gasteiger partial charge in [-0.25, -0.2) is 5.21 Å². The highest BCUT2D eigenvalue weighted by Gasteiger charge is 2.37. The monoisotopic (exact) mass is 361 g/mol. The first kappa shape index (κ1) is 16.5. The second-order valence-corrected chi connectivity index (χ2v) is 7.78. The quantitative estimate of drug-likeness (QED) is 0.779. The van der Waals surface area contributed by atoms with Gasteiger partial charge in [0.1, 0.15) is 0 Å². The van der Waals surface area contributed by atoms with E-state index in [0.29, 0.717) is 26.1 Å². The first-order valence-electron chi connectivity index (χ1n) is 8.30. The van der Waals surface area contributed by atoms with Crippen LogP contribution in [0.15, 0.2) is 34.4 Å². The first-order chi connectivity index (χ1) is 12.0. The molecule has 0 radical (unpaired) electrons. The molecule has 0 spiro atoms. The minimum Gasteiger partial charge on any atom is -0.595 e. The number of thiophene rings is 1. The number of hydrogen-bond donors (Lipinski definition) is 2. The topological polar surface area (TPSA) is 90.0 Å². The van der Waals surface area contributed by atoms with Crippen molar-refractivity contribution in [3.63, 3.8) is 0 Å². The van der Waals surface area contributed by atoms with Crippen LogP contribution in [0, 0.1) is 11.1 Å². The lowest BCUT2D eigenvalue weighted by Crippen LogP contribution is -3.00. The molecule has 2 aliphatic heterocycles. The van der Waals surface area contributed by atoms with E-state index in [1.54, 1.807) is 22.0 Å². The number of aromatic nitrogens is 1. The molecule has 3 unspecified atom stereocenters. The first-order valence-corrected chi connectivity index (χ1v) is 9.18. The van der Waals surface area contributed by atoms with E-state index in [2.05, 4.69) is 0 Å². The molecule has 0 aliphatic carbocycles. The van der Waals surface area contributed by atoms with E-state index >= 15 is 0 Å². The average molecular weight is 361 g/mol. The Morgan fingerprint density at radius 3 is 2.88 bits per heavy atom. The van der Waals surface area contributed by atoms with Gasteiger partial charge in [0.15, 0.2) is 0 Å². The van der Waals surface area contributed by atoms with Crippen molar-refractivity contribution < 1.29 is 15.2 Å². The van der Waals surface area contributed by atoms with Crippen LogP contribution in [-0.2, 0) is 17.8 Å². The van der Waals surface area contributed by atoms with Crippen LogP contribution in [0.2, 0.25) is 0 Å². The number of quaternary nitrogens is 1. The molecule has 1 saturated heterocycles. The van der Waals surface area contributed by atoms with Crippen LogP contribution in [0.5, 0.6) is 0 Å². The summed E-state index contributed by atoms with van der Waals surface area (Å²) >= 11 is 1.58. The highest BCUT2D eigenvalue weighted by atomic mass is 32.1. The Hall–Kier alpha value is -2.00. The molecule has 0 aromatic carbocycles. The molecular weight excluding hydrogens is 342 g/mol. The number of amides is 1. The molecule has 7 nitrogen and oxygen atoms in total. The summed E-state index contributed by atoms with van der Waals surface area (Å²) in [7, 11) is 0. The number of nitrogens with zero attached hydrogens (tertiary/aromatic N) is 2. The Bertz CT molecular complexity index is 846. The molecule has 4 heterocycles. The summed E-state index contributed by atoms with van der Waals surface area (Å²) in [5.74, 6) is 0.408. The molecule has 8 heteroatoms. The van der Waals surface area contributed by atoms with Gasteiger partial charge in [-0.15, -0.1) is 11.3 Å². The van der Waals surface area contributed by atoms with E-state index in [1.807, 2.05) is 22.4 Å². The highest BCUT2D eigenvalue weighted by Crippen LogP contribution is 2.35. The van der Waals surface area contributed by atoms with E-state index in [-0.39, 0.29) is 23.4 Å². The summed E-state index contributed by atoms with van der Waals surface area (Å²) in [6, 6.07) is 7.04. The fraction of sp³-hybridized carbons (Fsp3) is 0.412. The van der Waals surface area contributed by atoms with E-state index in [1.165, 1.54) is 6.07 Å². The summed E-state index contributed by atoms with van der Waals surface area (Å²) in [6.07, 6.45) is 1.36. The van der Waals surface area contributed by atoms with Crippen molar-refractivity contribution in [2.75, 3.05) is 13.1 Å². The summed E-state index contributed by atoms with van der Waals surface area (Å²) < 4.78 is 1.60. The fourth-order valence-corrected chi connectivity index (χ4v) is 4.68. The molecule has 1 amide bonds. The number of piperidine rings is 1. The Morgan fingerprint density at radius 2 is 2.16 bits per heavy atom. The van der Waals surface area contributed by atoms with Crippen LogP contribution in [0.4, 0.5) is 5.69 Å². The summed E-state index contributed by atoms with van der Waals surface area (Å²) in [5, 5.41) is 21.1. The molecule has 2 N–H and O–H groups in total. The van der Waals surface area contributed by atoms with Gasteiger partial charge < -0.3 is 14.7 Å². The van der Waals surface area contributed by atoms with Gasteiger partial charge in [0, 0.05) is 42.2 Å². The number of likely N-dealkylation sites (tertiary alicyclic amines) is 1. The lowest BCUT2D eigenvalue weighted by molar-refractivity contribution is -0.992. The fourth-order valence-electron chi connectivity index (χ4n) is 3.99. The van der Waals surface area contributed by atoms with Crippen LogP contribution in [0.25, 0.3) is 0 Å². The minimum absolute atomic E-state index is 0.0929. The molecule has 2 aliphatic rings. The Balaban J connectivity index is 1.58. The van der Waals surface area contributed by atoms with Gasteiger partial charge in [0.05, 0.1) is 6.42 Å². The zero-order valence-electron chi connectivity index (χ0n) is 13.6. The van der Waals surface area contributed by atoms with E-state index < -0.39 is 10.8 Å². The molecule has 1 fully saturated rings. The van der Waals surface area contributed by atoms with Crippen LogP contribution >= 0.6 is 11.3 Å². The van der Waals surface area contributed by atoms with E-state index in [9.17, 15) is 14.8 Å². The zero-order chi connectivity index (χ0) is 17.6. The number of carbonyl (C=O) groups is 1. The number of carbonyl (C=O) groups excluding carboxylic acids is 1. The van der Waals surface area contributed by atoms with Gasteiger partial charge in [-0.2, -0.15) is 5.23 Å². The second kappa shape index (κ2) is 6.38. The number of fused-ring (bicyclic) bond motifs is 4. The summed E-state index contributed by atoms with van der Waals surface area (Å²) in [6.45, 7) is 1.70. The molecule has 4 rings (SSSR count). The zero-order valence-corrected chi connectivity index (χ0v) is 14.4. The van der Waals surface area contributed by atoms with Crippen LogP contribution < -0.4 is 10.8 Å². The van der Waals surface area contributed by atoms with Crippen molar-refractivity contribution in [3.8, 4) is 0 Å². The van der Waals surface area contributed by atoms with Crippen LogP contribution in [0.1, 0.15) is 22.9 Å². The van der Waals surface area contributed by atoms with E-state index in [4.69, 9.17) is 5.21 Å². The van der Waals surface area contributed by atoms with Crippen molar-refractivity contribution in [2.24, 2.45) is 5.92 Å². The van der Waals surface area contributed by atoms with Gasteiger partial charge in [-0.3, -0.25) is 9.59 Å². The van der Waals surface area contributed by atoms with Gasteiger partial charge >= 0.3 is 5.56 Å². The van der Waals surface area contributed by atoms with Crippen molar-refractivity contribution in [2.45, 2.75) is 25.3 Å². The Labute approximate surface area is 148 Å². The highest BCUT2D eigenvalue weighted by molar-refractivity contribution is 7.10. The standard InChI is InChI=1S/C17H19N3O4S/c21-16(7-13-2-1-5-25-13)18-8-11-6-12(10-18)14-3-4-15(20(23)24)17(22)19(14)9-11/h1-5,11-12,20,23H,6-10H2. The average Bonchev–Trinajstić information content (AvgIpc) is 3.08. The smallest absolute Gasteiger partial charge is 0.315 e. The second-order valence-electron chi connectivity index (χ2n) is 6.75. The predicted molar refractivity (Wildman–Crippen MR) is 91.9 cm³/mol. The third-order valence-corrected chi connectivity index (χ3v) is 5.97. The lowest BCUT2D eigenvalue weighted by atomic mass is 9.83.